The van der Waals surface area contributed by atoms with E-state index in [1.54, 1.807) is 25.8 Å². The molecule has 12 heteroatoms. The van der Waals surface area contributed by atoms with Crippen molar-refractivity contribution >= 4 is 52.2 Å². The number of fused-ring (bicyclic) bond motifs is 10. The minimum atomic E-state index is -1.02. The van der Waals surface area contributed by atoms with E-state index in [2.05, 4.69) is 110 Å². The highest BCUT2D eigenvalue weighted by atomic mass is 32.2. The number of hydrogen-bond donors (Lipinski definition) is 0. The van der Waals surface area contributed by atoms with E-state index >= 15 is 0 Å². The molecule has 2 fully saturated rings. The Balaban J connectivity index is 0.964. The smallest absolute Gasteiger partial charge is 0.306 e. The van der Waals surface area contributed by atoms with Crippen LogP contribution in [0.3, 0.4) is 0 Å². The first-order valence-corrected chi connectivity index (χ1v) is 27.1. The quantitative estimate of drug-likeness (QED) is 0.0419. The molecule has 0 bridgehead atoms. The van der Waals surface area contributed by atoms with E-state index in [1.165, 1.54) is 47.9 Å². The zero-order valence-corrected chi connectivity index (χ0v) is 43.4. The molecule has 2 heterocycles. The fourth-order valence-corrected chi connectivity index (χ4v) is 12.1. The maximum atomic E-state index is 12.6. The first kappa shape index (κ1) is 50.9. The van der Waals surface area contributed by atoms with E-state index in [1.807, 2.05) is 19.1 Å². The lowest BCUT2D eigenvalue weighted by Crippen LogP contribution is -2.38. The van der Waals surface area contributed by atoms with Gasteiger partial charge in [-0.3, -0.25) is 14.4 Å². The van der Waals surface area contributed by atoms with Gasteiger partial charge in [0, 0.05) is 52.0 Å². The molecule has 9 rings (SSSR count). The summed E-state index contributed by atoms with van der Waals surface area (Å²) in [6, 6.07) is 32.3. The van der Waals surface area contributed by atoms with E-state index in [4.69, 9.17) is 33.2 Å². The van der Waals surface area contributed by atoms with Gasteiger partial charge in [-0.2, -0.15) is 11.8 Å². The molecule has 2 aliphatic carbocycles. The lowest BCUT2D eigenvalue weighted by Gasteiger charge is -2.47. The number of ether oxygens (including phenoxy) is 7. The number of nitrogens with zero attached hydrogens (tertiary/aromatic N) is 1. The molecule has 0 N–H and O–H groups in total. The first-order valence-electron chi connectivity index (χ1n) is 26.0. The zero-order chi connectivity index (χ0) is 50.3. The topological polar surface area (TPSA) is 119 Å². The molecule has 4 aliphatic rings. The summed E-state index contributed by atoms with van der Waals surface area (Å²) >= 11 is 1.66. The number of anilines is 1. The molecular formula is C60H69NO10S. The molecule has 0 aromatic heterocycles. The second-order valence-electron chi connectivity index (χ2n) is 19.6. The minimum Gasteiger partial charge on any atom is -0.497 e. The Labute approximate surface area is 428 Å². The normalized spacial score (nSPS) is 18.6. The molecule has 1 saturated heterocycles. The lowest BCUT2D eigenvalue weighted by atomic mass is 9.58. The average molecular weight is 996 g/mol. The third-order valence-corrected chi connectivity index (χ3v) is 16.6. The predicted octanol–water partition coefficient (Wildman–Crippen LogP) is 12.0. The highest BCUT2D eigenvalue weighted by Gasteiger charge is 2.51. The van der Waals surface area contributed by atoms with Crippen LogP contribution in [0.25, 0.3) is 28.0 Å². The van der Waals surface area contributed by atoms with Crippen molar-refractivity contribution in [3.05, 3.63) is 125 Å². The van der Waals surface area contributed by atoms with Gasteiger partial charge in [0.1, 0.15) is 43.2 Å². The van der Waals surface area contributed by atoms with Crippen LogP contribution in [-0.2, 0) is 44.3 Å². The Bertz CT molecular complexity index is 2750. The van der Waals surface area contributed by atoms with Crippen molar-refractivity contribution in [1.29, 1.82) is 0 Å². The summed E-state index contributed by atoms with van der Waals surface area (Å²) in [6.45, 7) is 11.6. The maximum Gasteiger partial charge on any atom is 0.306 e. The fourth-order valence-electron chi connectivity index (χ4n) is 11.5. The standard InChI is InChI=1S/C60H69NO10S/c1-6-58(7-2)28-30-59(31-29-58)51-12-10-9-11-48(51)55-47-22-21-46(65-5)39-50(47)57-49(56(55)59)25-27-60(71-57,42-13-17-44(18-14-42)61-32-34-66-35-33-61)43-15-19-45(20-16-43)67-36-37-68-52(62)23-24-54(64)70-41(4)40-69-53(63)26-38-72-8-3/h9-22,25,27,39,41H,6-8,23-24,26,28-38,40H2,1-5H3. The summed E-state index contributed by atoms with van der Waals surface area (Å²) in [5.74, 6) is 2.40. The van der Waals surface area contributed by atoms with Gasteiger partial charge in [0.05, 0.1) is 39.6 Å². The second-order valence-corrected chi connectivity index (χ2v) is 21.0. The molecular weight excluding hydrogens is 927 g/mol. The Hall–Kier alpha value is -5.98. The Morgan fingerprint density at radius 2 is 1.43 bits per heavy atom. The molecule has 5 aromatic carbocycles. The number of carbonyl (C=O) groups excluding carboxylic acids is 3. The molecule has 1 saturated carbocycles. The van der Waals surface area contributed by atoms with Gasteiger partial charge < -0.3 is 38.1 Å². The molecule has 72 heavy (non-hydrogen) atoms. The van der Waals surface area contributed by atoms with Crippen LogP contribution in [0.5, 0.6) is 17.2 Å². The van der Waals surface area contributed by atoms with Gasteiger partial charge >= 0.3 is 17.9 Å². The van der Waals surface area contributed by atoms with Crippen LogP contribution in [0.4, 0.5) is 5.69 Å². The Kier molecular flexibility index (Phi) is 15.9. The van der Waals surface area contributed by atoms with Crippen molar-refractivity contribution in [3.8, 4) is 28.4 Å². The van der Waals surface area contributed by atoms with E-state index < -0.39 is 23.6 Å². The number of rotatable bonds is 20. The van der Waals surface area contributed by atoms with Crippen LogP contribution >= 0.6 is 11.8 Å². The van der Waals surface area contributed by atoms with Gasteiger partial charge in [-0.25, -0.2) is 0 Å². The first-order chi connectivity index (χ1) is 35.1. The van der Waals surface area contributed by atoms with E-state index in [0.717, 1.165) is 76.3 Å². The Morgan fingerprint density at radius 3 is 2.14 bits per heavy atom. The van der Waals surface area contributed by atoms with Crippen LogP contribution in [0, 0.1) is 5.41 Å². The van der Waals surface area contributed by atoms with Gasteiger partial charge in [-0.15, -0.1) is 0 Å². The summed E-state index contributed by atoms with van der Waals surface area (Å²) < 4.78 is 41.4. The molecule has 2 atom stereocenters. The summed E-state index contributed by atoms with van der Waals surface area (Å²) in [6.07, 6.45) is 10.9. The van der Waals surface area contributed by atoms with Crippen molar-refractivity contribution in [2.24, 2.45) is 5.41 Å². The number of morpholine rings is 1. The fraction of sp³-hybridized carbons (Fsp3) is 0.450. The molecule has 11 nitrogen and oxygen atoms in total. The number of methoxy groups -OCH3 is 1. The number of benzene rings is 5. The van der Waals surface area contributed by atoms with E-state index in [9.17, 15) is 14.4 Å². The highest BCUT2D eigenvalue weighted by molar-refractivity contribution is 7.99. The predicted molar refractivity (Wildman–Crippen MR) is 284 cm³/mol. The molecule has 5 aromatic rings. The number of esters is 3. The largest absolute Gasteiger partial charge is 0.497 e. The third-order valence-electron chi connectivity index (χ3n) is 15.7. The Morgan fingerprint density at radius 1 is 0.750 bits per heavy atom. The highest BCUT2D eigenvalue weighted by Crippen LogP contribution is 2.64. The van der Waals surface area contributed by atoms with Crippen molar-refractivity contribution in [2.45, 2.75) is 103 Å². The summed E-state index contributed by atoms with van der Waals surface area (Å²) in [5.41, 5.74) is 8.84. The molecule has 380 valence electrons. The summed E-state index contributed by atoms with van der Waals surface area (Å²) in [4.78, 5) is 39.2. The van der Waals surface area contributed by atoms with Crippen LogP contribution in [0.15, 0.2) is 97.1 Å². The number of thioether (sulfide) groups is 1. The molecule has 2 unspecified atom stereocenters. The molecule has 2 aliphatic heterocycles. The van der Waals surface area contributed by atoms with Gasteiger partial charge in [-0.05, 0) is 120 Å². The van der Waals surface area contributed by atoms with Crippen LogP contribution < -0.4 is 19.1 Å². The second kappa shape index (κ2) is 22.4. The van der Waals surface area contributed by atoms with Crippen molar-refractivity contribution < 1.29 is 47.5 Å². The SMILES string of the molecule is CCSCCC(=O)OCC(C)OC(=O)CCC(=O)OCCOc1ccc(C2(c3ccc(N4CCOCC4)cc3)C=Cc3c4c(c5ccc(OC)cc5c3O2)-c2ccccc2C42CCC(CC)(CC)CC2)cc1. The third kappa shape index (κ3) is 10.3. The van der Waals surface area contributed by atoms with Crippen LogP contribution in [-0.4, -0.2) is 88.8 Å². The minimum absolute atomic E-state index is 0.00442. The van der Waals surface area contributed by atoms with Gasteiger partial charge in [-0.1, -0.05) is 88.2 Å². The molecule has 1 spiro atoms. The molecule has 0 amide bonds. The van der Waals surface area contributed by atoms with Crippen molar-refractivity contribution in [1.82, 2.24) is 0 Å². The molecule has 0 radical (unpaired) electrons. The number of hydrogen-bond acceptors (Lipinski definition) is 12. The monoisotopic (exact) mass is 995 g/mol. The van der Waals surface area contributed by atoms with Gasteiger partial charge in [0.25, 0.3) is 0 Å². The van der Waals surface area contributed by atoms with Gasteiger partial charge in [0.15, 0.2) is 5.60 Å². The van der Waals surface area contributed by atoms with E-state index in [0.29, 0.717) is 36.6 Å². The van der Waals surface area contributed by atoms with Crippen molar-refractivity contribution in [2.75, 3.05) is 69.6 Å². The zero-order valence-electron chi connectivity index (χ0n) is 42.6. The summed E-state index contributed by atoms with van der Waals surface area (Å²) in [5, 5.41) is 2.17. The average Bonchev–Trinajstić information content (AvgIpc) is 3.71. The lowest BCUT2D eigenvalue weighted by molar-refractivity contribution is -0.159. The van der Waals surface area contributed by atoms with Crippen molar-refractivity contribution in [3.63, 3.8) is 0 Å². The van der Waals surface area contributed by atoms with E-state index in [-0.39, 0.29) is 44.0 Å². The summed E-state index contributed by atoms with van der Waals surface area (Å²) in [7, 11) is 1.72. The maximum absolute atomic E-state index is 12.6. The van der Waals surface area contributed by atoms with Crippen LogP contribution in [0.2, 0.25) is 0 Å². The van der Waals surface area contributed by atoms with Crippen LogP contribution in [0.1, 0.15) is 113 Å². The van der Waals surface area contributed by atoms with Gasteiger partial charge in [0.2, 0.25) is 0 Å². The number of carbonyl (C=O) groups is 3.